The van der Waals surface area contributed by atoms with Crippen molar-refractivity contribution < 1.29 is 5.11 Å². The smallest absolute Gasteiger partial charge is 0.0790 e. The fraction of sp³-hybridized carbons (Fsp3) is 0.667. The number of aliphatic hydroxyl groups is 1. The average molecular weight is 275 g/mol. The lowest BCUT2D eigenvalue weighted by atomic mass is 9.99. The molecule has 1 aliphatic rings. The topological polar surface area (TPSA) is 23.5 Å². The molecule has 0 saturated carbocycles. The molecule has 1 heterocycles. The number of aliphatic hydroxyl groups excluding tert-OH is 1. The third kappa shape index (κ3) is 3.99. The van der Waals surface area contributed by atoms with Crippen molar-refractivity contribution in [3.05, 3.63) is 29.3 Å². The Balaban J connectivity index is 1.77. The van der Waals surface area contributed by atoms with E-state index < -0.39 is 0 Å². The zero-order valence-corrected chi connectivity index (χ0v) is 13.1. The molecule has 1 N–H and O–H groups in total. The molecule has 0 aliphatic carbocycles. The Labute approximate surface area is 123 Å². The number of benzene rings is 1. The van der Waals surface area contributed by atoms with Gasteiger partial charge in [0.15, 0.2) is 0 Å². The third-order valence-corrected chi connectivity index (χ3v) is 4.45. The molecule has 112 valence electrons. The summed E-state index contributed by atoms with van der Waals surface area (Å²) in [7, 11) is 2.14. The Morgan fingerprint density at radius 1 is 1.15 bits per heavy atom. The van der Waals surface area contributed by atoms with Crippen molar-refractivity contribution in [2.24, 2.45) is 0 Å². The molecule has 2 heteroatoms. The van der Waals surface area contributed by atoms with E-state index in [-0.39, 0.29) is 6.10 Å². The van der Waals surface area contributed by atoms with Crippen LogP contribution in [0, 0.1) is 0 Å². The van der Waals surface area contributed by atoms with Crippen LogP contribution in [0.4, 0.5) is 5.69 Å². The zero-order valence-electron chi connectivity index (χ0n) is 13.1. The molecule has 0 aromatic heterocycles. The summed E-state index contributed by atoms with van der Waals surface area (Å²) >= 11 is 0. The molecule has 0 spiro atoms. The highest BCUT2D eigenvalue weighted by atomic mass is 16.3. The summed E-state index contributed by atoms with van der Waals surface area (Å²) < 4.78 is 0. The van der Waals surface area contributed by atoms with Gasteiger partial charge in [-0.1, -0.05) is 57.6 Å². The number of hydrogen-bond donors (Lipinski definition) is 1. The molecule has 0 radical (unpaired) electrons. The van der Waals surface area contributed by atoms with Crippen molar-refractivity contribution in [2.45, 2.75) is 64.4 Å². The standard InChI is InChI=1S/C18H29NO/c1-3-4-5-6-7-8-9-18(20)16-10-11-17-15(14-16)12-13-19(17)2/h10-11,14,18,20H,3-9,12-13H2,1-2H3. The molecule has 1 unspecified atom stereocenters. The van der Waals surface area contributed by atoms with Crippen LogP contribution in [0.2, 0.25) is 0 Å². The van der Waals surface area contributed by atoms with Gasteiger partial charge in [0.2, 0.25) is 0 Å². The molecule has 1 atom stereocenters. The fourth-order valence-electron chi connectivity index (χ4n) is 3.08. The first kappa shape index (κ1) is 15.4. The maximum absolute atomic E-state index is 10.3. The van der Waals surface area contributed by atoms with E-state index in [1.165, 1.54) is 43.4 Å². The van der Waals surface area contributed by atoms with Crippen LogP contribution >= 0.6 is 0 Å². The average Bonchev–Trinajstić information content (AvgIpc) is 2.83. The van der Waals surface area contributed by atoms with Crippen LogP contribution in [0.3, 0.4) is 0 Å². The van der Waals surface area contributed by atoms with Crippen LogP contribution in [0.25, 0.3) is 0 Å². The Morgan fingerprint density at radius 3 is 2.70 bits per heavy atom. The summed E-state index contributed by atoms with van der Waals surface area (Å²) in [5, 5.41) is 10.3. The molecule has 0 bridgehead atoms. The van der Waals surface area contributed by atoms with Gasteiger partial charge in [-0.05, 0) is 30.0 Å². The van der Waals surface area contributed by atoms with Crippen molar-refractivity contribution in [3.8, 4) is 0 Å². The van der Waals surface area contributed by atoms with Crippen molar-refractivity contribution >= 4 is 5.69 Å². The summed E-state index contributed by atoms with van der Waals surface area (Å²) in [6.45, 7) is 3.35. The van der Waals surface area contributed by atoms with Gasteiger partial charge in [-0.25, -0.2) is 0 Å². The predicted molar refractivity (Wildman–Crippen MR) is 86.4 cm³/mol. The molecule has 1 aromatic rings. The summed E-state index contributed by atoms with van der Waals surface area (Å²) in [5.74, 6) is 0. The summed E-state index contributed by atoms with van der Waals surface area (Å²) in [6.07, 6.45) is 9.44. The molecule has 1 aromatic carbocycles. The number of hydrogen-bond acceptors (Lipinski definition) is 2. The summed E-state index contributed by atoms with van der Waals surface area (Å²) in [5.41, 5.74) is 3.83. The van der Waals surface area contributed by atoms with Gasteiger partial charge in [0.05, 0.1) is 6.10 Å². The molecule has 0 fully saturated rings. The van der Waals surface area contributed by atoms with E-state index in [2.05, 4.69) is 37.1 Å². The number of anilines is 1. The molecule has 2 nitrogen and oxygen atoms in total. The molecule has 0 saturated heterocycles. The third-order valence-electron chi connectivity index (χ3n) is 4.45. The molecule has 2 rings (SSSR count). The van der Waals surface area contributed by atoms with Crippen LogP contribution in [-0.4, -0.2) is 18.7 Å². The van der Waals surface area contributed by atoms with Crippen LogP contribution in [-0.2, 0) is 6.42 Å². The number of fused-ring (bicyclic) bond motifs is 1. The molecule has 0 amide bonds. The lowest BCUT2D eigenvalue weighted by Gasteiger charge is -2.15. The molecular weight excluding hydrogens is 246 g/mol. The fourth-order valence-corrected chi connectivity index (χ4v) is 3.08. The minimum atomic E-state index is -0.280. The van der Waals surface area contributed by atoms with Gasteiger partial charge in [-0.15, -0.1) is 0 Å². The van der Waals surface area contributed by atoms with Crippen molar-refractivity contribution in [2.75, 3.05) is 18.5 Å². The van der Waals surface area contributed by atoms with Crippen molar-refractivity contribution in [1.29, 1.82) is 0 Å². The second-order valence-corrected chi connectivity index (χ2v) is 6.13. The van der Waals surface area contributed by atoms with Gasteiger partial charge in [-0.2, -0.15) is 0 Å². The van der Waals surface area contributed by atoms with E-state index in [4.69, 9.17) is 0 Å². The number of likely N-dealkylation sites (N-methyl/N-ethyl adjacent to an activating group) is 1. The van der Waals surface area contributed by atoms with E-state index >= 15 is 0 Å². The minimum absolute atomic E-state index is 0.280. The molecule has 1 aliphatic heterocycles. The van der Waals surface area contributed by atoms with Gasteiger partial charge in [0, 0.05) is 19.3 Å². The normalized spacial score (nSPS) is 15.4. The van der Waals surface area contributed by atoms with E-state index in [0.29, 0.717) is 0 Å². The Bertz CT molecular complexity index is 416. The second-order valence-electron chi connectivity index (χ2n) is 6.13. The Hall–Kier alpha value is -1.02. The number of unbranched alkanes of at least 4 members (excludes halogenated alkanes) is 5. The van der Waals surface area contributed by atoms with Crippen LogP contribution in [0.5, 0.6) is 0 Å². The van der Waals surface area contributed by atoms with Gasteiger partial charge in [-0.3, -0.25) is 0 Å². The van der Waals surface area contributed by atoms with Gasteiger partial charge in [0.1, 0.15) is 0 Å². The highest BCUT2D eigenvalue weighted by Crippen LogP contribution is 2.30. The second kappa shape index (κ2) is 7.68. The maximum Gasteiger partial charge on any atom is 0.0790 e. The molecular formula is C18H29NO. The summed E-state index contributed by atoms with van der Waals surface area (Å²) in [6, 6.07) is 6.48. The highest BCUT2D eigenvalue weighted by Gasteiger charge is 2.17. The summed E-state index contributed by atoms with van der Waals surface area (Å²) in [4.78, 5) is 2.29. The van der Waals surface area contributed by atoms with E-state index in [0.717, 1.165) is 31.4 Å². The number of nitrogens with zero attached hydrogens (tertiary/aromatic N) is 1. The van der Waals surface area contributed by atoms with Crippen LogP contribution in [0.15, 0.2) is 18.2 Å². The quantitative estimate of drug-likeness (QED) is 0.708. The first-order valence-electron chi connectivity index (χ1n) is 8.24. The monoisotopic (exact) mass is 275 g/mol. The van der Waals surface area contributed by atoms with Gasteiger partial charge < -0.3 is 10.0 Å². The van der Waals surface area contributed by atoms with E-state index in [1.807, 2.05) is 0 Å². The number of rotatable bonds is 8. The van der Waals surface area contributed by atoms with Gasteiger partial charge >= 0.3 is 0 Å². The minimum Gasteiger partial charge on any atom is -0.388 e. The van der Waals surface area contributed by atoms with Crippen molar-refractivity contribution in [1.82, 2.24) is 0 Å². The van der Waals surface area contributed by atoms with Crippen molar-refractivity contribution in [3.63, 3.8) is 0 Å². The molecule has 20 heavy (non-hydrogen) atoms. The lowest BCUT2D eigenvalue weighted by molar-refractivity contribution is 0.163. The Kier molecular flexibility index (Phi) is 5.90. The van der Waals surface area contributed by atoms with Crippen LogP contribution < -0.4 is 4.90 Å². The highest BCUT2D eigenvalue weighted by molar-refractivity contribution is 5.58. The largest absolute Gasteiger partial charge is 0.388 e. The van der Waals surface area contributed by atoms with Crippen LogP contribution in [0.1, 0.15) is 69.1 Å². The van der Waals surface area contributed by atoms with Gasteiger partial charge in [0.25, 0.3) is 0 Å². The maximum atomic E-state index is 10.3. The first-order valence-corrected chi connectivity index (χ1v) is 8.24. The Morgan fingerprint density at radius 2 is 1.90 bits per heavy atom. The predicted octanol–water partition coefficient (Wildman–Crippen LogP) is 4.46. The first-order chi connectivity index (χ1) is 9.72. The van der Waals surface area contributed by atoms with E-state index in [1.54, 1.807) is 0 Å². The lowest BCUT2D eigenvalue weighted by Crippen LogP contribution is -2.12. The van der Waals surface area contributed by atoms with E-state index in [9.17, 15) is 5.11 Å². The SMILES string of the molecule is CCCCCCCCC(O)c1ccc2c(c1)CCN2C. The zero-order chi connectivity index (χ0) is 14.4.